The molecule has 0 saturated heterocycles. The zero-order valence-corrected chi connectivity index (χ0v) is 14.7. The molecule has 0 saturated carbocycles. The van der Waals surface area contributed by atoms with Crippen molar-refractivity contribution in [3.8, 4) is 23.3 Å². The number of aliphatic hydroxyl groups excluding tert-OH is 1. The van der Waals surface area contributed by atoms with Gasteiger partial charge in [0.25, 0.3) is 5.95 Å². The Morgan fingerprint density at radius 3 is 2.63 bits per heavy atom. The molecule has 0 spiro atoms. The Hall–Kier alpha value is -3.67. The minimum absolute atomic E-state index is 0.0333. The molecule has 0 fully saturated rings. The molecule has 1 aromatic carbocycles. The summed E-state index contributed by atoms with van der Waals surface area (Å²) in [5, 5.41) is 19.9. The maximum Gasteiger partial charge on any atom is 0.375 e. The van der Waals surface area contributed by atoms with Crippen LogP contribution in [0.25, 0.3) is 0 Å². The van der Waals surface area contributed by atoms with E-state index in [4.69, 9.17) is 23.7 Å². The van der Waals surface area contributed by atoms with Crippen molar-refractivity contribution in [1.82, 2.24) is 0 Å². The number of nitriles is 1. The molecule has 2 aliphatic heterocycles. The molecule has 140 valence electrons. The number of methoxy groups -OCH3 is 2. The minimum atomic E-state index is -1.12. The van der Waals surface area contributed by atoms with Crippen molar-refractivity contribution >= 4 is 11.9 Å². The second-order valence-electron chi connectivity index (χ2n) is 5.46. The molecule has 3 rings (SSSR count). The van der Waals surface area contributed by atoms with Gasteiger partial charge in [-0.15, -0.1) is 0 Å². The van der Waals surface area contributed by atoms with Gasteiger partial charge in [0.15, 0.2) is 0 Å². The zero-order valence-electron chi connectivity index (χ0n) is 14.7. The van der Waals surface area contributed by atoms with E-state index >= 15 is 0 Å². The molecule has 0 aliphatic carbocycles. The monoisotopic (exact) mass is 373 g/mol. The Labute approximate surface area is 153 Å². The molecule has 2 aliphatic rings. The van der Waals surface area contributed by atoms with Gasteiger partial charge in [0.2, 0.25) is 5.76 Å². The van der Waals surface area contributed by atoms with Gasteiger partial charge < -0.3 is 28.8 Å². The SMILES string of the molecule is CCOC(=O)C1=C(C#N)C2C(=C(O)O1)C(=O)Oc1cc(OC)cc(OC)c12. The van der Waals surface area contributed by atoms with Crippen molar-refractivity contribution in [3.63, 3.8) is 0 Å². The largest absolute Gasteiger partial charge is 0.496 e. The molecule has 1 atom stereocenters. The third-order valence-electron chi connectivity index (χ3n) is 4.08. The van der Waals surface area contributed by atoms with Gasteiger partial charge in [0, 0.05) is 12.1 Å². The van der Waals surface area contributed by atoms with Gasteiger partial charge in [-0.3, -0.25) is 0 Å². The Kier molecular flexibility index (Phi) is 4.64. The summed E-state index contributed by atoms with van der Waals surface area (Å²) in [7, 11) is 2.81. The van der Waals surface area contributed by atoms with E-state index in [9.17, 15) is 20.0 Å². The van der Waals surface area contributed by atoms with E-state index in [-0.39, 0.29) is 34.8 Å². The van der Waals surface area contributed by atoms with E-state index in [1.165, 1.54) is 26.4 Å². The van der Waals surface area contributed by atoms with Crippen molar-refractivity contribution in [2.75, 3.05) is 20.8 Å². The first kappa shape index (κ1) is 18.1. The van der Waals surface area contributed by atoms with Crippen molar-refractivity contribution in [1.29, 1.82) is 5.26 Å². The fourth-order valence-corrected chi connectivity index (χ4v) is 2.95. The highest BCUT2D eigenvalue weighted by Gasteiger charge is 2.47. The number of aliphatic hydroxyl groups is 1. The lowest BCUT2D eigenvalue weighted by Crippen LogP contribution is -2.32. The van der Waals surface area contributed by atoms with Crippen molar-refractivity contribution < 1.29 is 38.4 Å². The number of allylic oxidation sites excluding steroid dienone is 1. The van der Waals surface area contributed by atoms with Crippen LogP contribution in [-0.4, -0.2) is 37.9 Å². The first-order valence-corrected chi connectivity index (χ1v) is 7.87. The topological polar surface area (TPSA) is 124 Å². The molecule has 0 radical (unpaired) electrons. The van der Waals surface area contributed by atoms with Crippen molar-refractivity contribution in [2.24, 2.45) is 0 Å². The van der Waals surface area contributed by atoms with E-state index in [2.05, 4.69) is 0 Å². The predicted octanol–water partition coefficient (Wildman–Crippen LogP) is 1.85. The van der Waals surface area contributed by atoms with E-state index in [1.54, 1.807) is 6.92 Å². The van der Waals surface area contributed by atoms with Crippen LogP contribution in [0.4, 0.5) is 0 Å². The van der Waals surface area contributed by atoms with Crippen molar-refractivity contribution in [2.45, 2.75) is 12.8 Å². The van der Waals surface area contributed by atoms with Crippen LogP contribution in [0.5, 0.6) is 17.2 Å². The number of carbonyl (C=O) groups excluding carboxylic acids is 2. The molecule has 0 amide bonds. The number of esters is 2. The van der Waals surface area contributed by atoms with Gasteiger partial charge in [0.05, 0.1) is 44.0 Å². The van der Waals surface area contributed by atoms with Gasteiger partial charge in [-0.1, -0.05) is 0 Å². The average molecular weight is 373 g/mol. The molecule has 1 unspecified atom stereocenters. The smallest absolute Gasteiger partial charge is 0.375 e. The summed E-state index contributed by atoms with van der Waals surface area (Å²) in [5.41, 5.74) is -0.237. The average Bonchev–Trinajstić information content (AvgIpc) is 2.66. The number of nitrogens with zero attached hydrogens (tertiary/aromatic N) is 1. The first-order chi connectivity index (χ1) is 13.0. The molecule has 9 nitrogen and oxygen atoms in total. The van der Waals surface area contributed by atoms with Crippen LogP contribution in [0.2, 0.25) is 0 Å². The molecular formula is C18H15NO8. The zero-order chi connectivity index (χ0) is 19.7. The van der Waals surface area contributed by atoms with Crippen molar-refractivity contribution in [3.05, 3.63) is 40.5 Å². The van der Waals surface area contributed by atoms with Crippen LogP contribution in [-0.2, 0) is 19.1 Å². The highest BCUT2D eigenvalue weighted by Crippen LogP contribution is 2.51. The summed E-state index contributed by atoms with van der Waals surface area (Å²) in [6.07, 6.45) is 0. The summed E-state index contributed by atoms with van der Waals surface area (Å²) in [6, 6.07) is 4.84. The molecule has 0 bridgehead atoms. The number of ether oxygens (including phenoxy) is 5. The molecule has 0 aromatic heterocycles. The summed E-state index contributed by atoms with van der Waals surface area (Å²) in [5.74, 6) is -3.64. The first-order valence-electron chi connectivity index (χ1n) is 7.87. The predicted molar refractivity (Wildman–Crippen MR) is 87.9 cm³/mol. The number of hydrogen-bond acceptors (Lipinski definition) is 9. The lowest BCUT2D eigenvalue weighted by molar-refractivity contribution is -0.143. The Balaban J connectivity index is 2.30. The lowest BCUT2D eigenvalue weighted by Gasteiger charge is -2.31. The van der Waals surface area contributed by atoms with Crippen LogP contribution in [0.15, 0.2) is 35.0 Å². The standard InChI is InChI=1S/C18H15NO8/c1-4-25-18(22)15-9(7-19)12-13-10(24-3)5-8(23-2)6-11(13)26-16(20)14(12)17(21)27-15/h5-6,12,21H,4H2,1-3H3. The van der Waals surface area contributed by atoms with Crippen LogP contribution in [0, 0.1) is 11.3 Å². The number of fused-ring (bicyclic) bond motifs is 3. The third-order valence-corrected chi connectivity index (χ3v) is 4.08. The van der Waals surface area contributed by atoms with E-state index in [1.807, 2.05) is 6.07 Å². The van der Waals surface area contributed by atoms with Crippen LogP contribution < -0.4 is 14.2 Å². The molecule has 1 N–H and O–H groups in total. The summed E-state index contributed by atoms with van der Waals surface area (Å²) < 4.78 is 25.6. The summed E-state index contributed by atoms with van der Waals surface area (Å²) in [6.45, 7) is 1.61. The molecule has 9 heteroatoms. The normalized spacial score (nSPS) is 17.9. The van der Waals surface area contributed by atoms with E-state index in [0.717, 1.165) is 0 Å². The van der Waals surface area contributed by atoms with Gasteiger partial charge in [-0.25, -0.2) is 9.59 Å². The second-order valence-corrected chi connectivity index (χ2v) is 5.46. The number of hydrogen-bond donors (Lipinski definition) is 1. The fraction of sp³-hybridized carbons (Fsp3) is 0.278. The third kappa shape index (κ3) is 2.81. The van der Waals surface area contributed by atoms with Crippen LogP contribution in [0.1, 0.15) is 18.4 Å². The maximum atomic E-state index is 12.4. The molecule has 2 heterocycles. The Morgan fingerprint density at radius 1 is 1.30 bits per heavy atom. The quantitative estimate of drug-likeness (QED) is 0.622. The maximum absolute atomic E-state index is 12.4. The van der Waals surface area contributed by atoms with Gasteiger partial charge in [-0.2, -0.15) is 5.26 Å². The van der Waals surface area contributed by atoms with Crippen LogP contribution in [0.3, 0.4) is 0 Å². The van der Waals surface area contributed by atoms with E-state index in [0.29, 0.717) is 5.75 Å². The fourth-order valence-electron chi connectivity index (χ4n) is 2.95. The highest BCUT2D eigenvalue weighted by atomic mass is 16.6. The molecule has 1 aromatic rings. The number of benzene rings is 1. The van der Waals surface area contributed by atoms with Gasteiger partial charge in [-0.05, 0) is 6.92 Å². The number of rotatable bonds is 4. The Morgan fingerprint density at radius 2 is 2.04 bits per heavy atom. The van der Waals surface area contributed by atoms with Gasteiger partial charge in [0.1, 0.15) is 22.8 Å². The Bertz CT molecular complexity index is 937. The second kappa shape index (κ2) is 6.92. The van der Waals surface area contributed by atoms with Crippen LogP contribution >= 0.6 is 0 Å². The lowest BCUT2D eigenvalue weighted by atomic mass is 9.80. The minimum Gasteiger partial charge on any atom is -0.496 e. The molecular weight excluding hydrogens is 358 g/mol. The number of carbonyl (C=O) groups is 2. The highest BCUT2D eigenvalue weighted by molar-refractivity contribution is 5.99. The molecule has 27 heavy (non-hydrogen) atoms. The van der Waals surface area contributed by atoms with E-state index < -0.39 is 29.6 Å². The summed E-state index contributed by atoms with van der Waals surface area (Å²) >= 11 is 0. The summed E-state index contributed by atoms with van der Waals surface area (Å²) in [4.78, 5) is 24.6. The van der Waals surface area contributed by atoms with Gasteiger partial charge >= 0.3 is 11.9 Å².